The normalized spacial score (nSPS) is 13.8. The summed E-state index contributed by atoms with van der Waals surface area (Å²) < 4.78 is 5.74. The van der Waals surface area contributed by atoms with Crippen LogP contribution in [0.4, 0.5) is 5.69 Å². The lowest BCUT2D eigenvalue weighted by atomic mass is 10.1. The molecule has 2 amide bonds. The first-order chi connectivity index (χ1) is 13.7. The number of likely N-dealkylation sites (tertiary alicyclic amines) is 1. The second kappa shape index (κ2) is 9.93. The summed E-state index contributed by atoms with van der Waals surface area (Å²) in [7, 11) is 0. The van der Waals surface area contributed by atoms with E-state index in [0.717, 1.165) is 38.8 Å². The van der Waals surface area contributed by atoms with Crippen molar-refractivity contribution >= 4 is 17.5 Å². The molecule has 2 aromatic carbocycles. The standard InChI is InChI=1S/C23H28N2O3/c1-2-3-17-28-21-10-6-5-9-20(21)22(26)24-19-13-11-18(12-14-19)23(27)25-15-7-4-8-16-25/h5-6,9-14H,2-4,7-8,15-17H2,1H3,(H,24,26). The first kappa shape index (κ1) is 19.9. The van der Waals surface area contributed by atoms with Gasteiger partial charge in [0, 0.05) is 24.3 Å². The minimum absolute atomic E-state index is 0.0623. The minimum Gasteiger partial charge on any atom is -0.493 e. The third kappa shape index (κ3) is 5.12. The van der Waals surface area contributed by atoms with Gasteiger partial charge in [-0.15, -0.1) is 0 Å². The lowest BCUT2D eigenvalue weighted by molar-refractivity contribution is 0.0724. The van der Waals surface area contributed by atoms with Gasteiger partial charge in [0.05, 0.1) is 12.2 Å². The Bertz CT molecular complexity index is 796. The van der Waals surface area contributed by atoms with Crippen molar-refractivity contribution < 1.29 is 14.3 Å². The number of unbranched alkanes of at least 4 members (excludes halogenated alkanes) is 1. The van der Waals surface area contributed by atoms with E-state index in [1.54, 1.807) is 30.3 Å². The van der Waals surface area contributed by atoms with Crippen LogP contribution in [0.5, 0.6) is 5.75 Å². The molecule has 0 unspecified atom stereocenters. The van der Waals surface area contributed by atoms with Crippen LogP contribution in [0.2, 0.25) is 0 Å². The molecule has 0 spiro atoms. The number of para-hydroxylation sites is 1. The summed E-state index contributed by atoms with van der Waals surface area (Å²) in [5.41, 5.74) is 1.82. The molecule has 2 aromatic rings. The number of anilines is 1. The van der Waals surface area contributed by atoms with Gasteiger partial charge in [0.1, 0.15) is 5.75 Å². The summed E-state index contributed by atoms with van der Waals surface area (Å²) in [6.07, 6.45) is 5.32. The highest BCUT2D eigenvalue weighted by molar-refractivity contribution is 6.06. The number of hydrogen-bond donors (Lipinski definition) is 1. The molecular formula is C23H28N2O3. The highest BCUT2D eigenvalue weighted by Crippen LogP contribution is 2.21. The molecule has 5 heteroatoms. The number of benzene rings is 2. The second-order valence-electron chi connectivity index (χ2n) is 7.08. The van der Waals surface area contributed by atoms with Gasteiger partial charge in [-0.2, -0.15) is 0 Å². The lowest BCUT2D eigenvalue weighted by Crippen LogP contribution is -2.35. The Morgan fingerprint density at radius 3 is 2.43 bits per heavy atom. The Labute approximate surface area is 166 Å². The number of hydrogen-bond acceptors (Lipinski definition) is 3. The predicted molar refractivity (Wildman–Crippen MR) is 111 cm³/mol. The van der Waals surface area contributed by atoms with Crippen molar-refractivity contribution in [3.63, 3.8) is 0 Å². The molecule has 1 heterocycles. The van der Waals surface area contributed by atoms with Crippen LogP contribution in [0.15, 0.2) is 48.5 Å². The van der Waals surface area contributed by atoms with Gasteiger partial charge in [-0.25, -0.2) is 0 Å². The van der Waals surface area contributed by atoms with Crippen LogP contribution in [0, 0.1) is 0 Å². The number of rotatable bonds is 7. The molecule has 0 aliphatic carbocycles. The summed E-state index contributed by atoms with van der Waals surface area (Å²) in [6.45, 7) is 4.34. The van der Waals surface area contributed by atoms with Crippen molar-refractivity contribution in [1.29, 1.82) is 0 Å². The Morgan fingerprint density at radius 1 is 1.00 bits per heavy atom. The summed E-state index contributed by atoms with van der Waals surface area (Å²) in [5, 5.41) is 2.89. The molecule has 0 aromatic heterocycles. The van der Waals surface area contributed by atoms with Crippen LogP contribution in [-0.4, -0.2) is 36.4 Å². The van der Waals surface area contributed by atoms with Gasteiger partial charge in [-0.1, -0.05) is 25.5 Å². The zero-order valence-corrected chi connectivity index (χ0v) is 16.4. The lowest BCUT2D eigenvalue weighted by Gasteiger charge is -2.26. The highest BCUT2D eigenvalue weighted by atomic mass is 16.5. The van der Waals surface area contributed by atoms with Crippen LogP contribution < -0.4 is 10.1 Å². The SMILES string of the molecule is CCCCOc1ccccc1C(=O)Nc1ccc(C(=O)N2CCCCC2)cc1. The number of carbonyl (C=O) groups is 2. The van der Waals surface area contributed by atoms with Crippen molar-refractivity contribution in [2.45, 2.75) is 39.0 Å². The Balaban J connectivity index is 1.64. The van der Waals surface area contributed by atoms with E-state index in [4.69, 9.17) is 4.74 Å². The average molecular weight is 380 g/mol. The number of carbonyl (C=O) groups excluding carboxylic acids is 2. The zero-order valence-electron chi connectivity index (χ0n) is 16.4. The smallest absolute Gasteiger partial charge is 0.259 e. The maximum absolute atomic E-state index is 12.7. The van der Waals surface area contributed by atoms with Crippen molar-refractivity contribution in [3.8, 4) is 5.75 Å². The van der Waals surface area contributed by atoms with E-state index in [0.29, 0.717) is 29.2 Å². The zero-order chi connectivity index (χ0) is 19.8. The van der Waals surface area contributed by atoms with Gasteiger partial charge >= 0.3 is 0 Å². The van der Waals surface area contributed by atoms with Gasteiger partial charge in [0.15, 0.2) is 0 Å². The molecule has 1 aliphatic rings. The number of nitrogens with zero attached hydrogens (tertiary/aromatic N) is 1. The third-order valence-corrected chi connectivity index (χ3v) is 4.92. The number of piperidine rings is 1. The minimum atomic E-state index is -0.220. The van der Waals surface area contributed by atoms with Crippen LogP contribution >= 0.6 is 0 Å². The summed E-state index contributed by atoms with van der Waals surface area (Å²) in [4.78, 5) is 27.1. The van der Waals surface area contributed by atoms with Crippen molar-refractivity contribution in [2.75, 3.05) is 25.0 Å². The monoisotopic (exact) mass is 380 g/mol. The maximum atomic E-state index is 12.7. The molecule has 1 N–H and O–H groups in total. The van der Waals surface area contributed by atoms with Crippen LogP contribution in [0.1, 0.15) is 59.7 Å². The fourth-order valence-electron chi connectivity index (χ4n) is 3.28. The van der Waals surface area contributed by atoms with Crippen molar-refractivity contribution in [2.24, 2.45) is 0 Å². The van der Waals surface area contributed by atoms with E-state index in [9.17, 15) is 9.59 Å². The molecule has 148 valence electrons. The van der Waals surface area contributed by atoms with E-state index < -0.39 is 0 Å². The highest BCUT2D eigenvalue weighted by Gasteiger charge is 2.18. The fourth-order valence-corrected chi connectivity index (χ4v) is 3.28. The largest absolute Gasteiger partial charge is 0.493 e. The van der Waals surface area contributed by atoms with E-state index in [2.05, 4.69) is 12.2 Å². The van der Waals surface area contributed by atoms with Gasteiger partial charge in [0.25, 0.3) is 11.8 Å². The molecule has 5 nitrogen and oxygen atoms in total. The quantitative estimate of drug-likeness (QED) is 0.706. The molecule has 1 saturated heterocycles. The molecule has 0 atom stereocenters. The predicted octanol–water partition coefficient (Wildman–Crippen LogP) is 4.74. The molecule has 1 fully saturated rings. The molecule has 1 aliphatic heterocycles. The molecular weight excluding hydrogens is 352 g/mol. The Kier molecular flexibility index (Phi) is 7.06. The molecule has 0 bridgehead atoms. The van der Waals surface area contributed by atoms with Gasteiger partial charge < -0.3 is 15.0 Å². The van der Waals surface area contributed by atoms with Gasteiger partial charge in [-0.05, 0) is 62.1 Å². The van der Waals surface area contributed by atoms with Crippen LogP contribution in [-0.2, 0) is 0 Å². The van der Waals surface area contributed by atoms with E-state index in [-0.39, 0.29) is 11.8 Å². The maximum Gasteiger partial charge on any atom is 0.259 e. The van der Waals surface area contributed by atoms with E-state index in [1.807, 2.05) is 23.1 Å². The second-order valence-corrected chi connectivity index (χ2v) is 7.08. The molecule has 0 radical (unpaired) electrons. The van der Waals surface area contributed by atoms with E-state index >= 15 is 0 Å². The third-order valence-electron chi connectivity index (χ3n) is 4.92. The number of nitrogens with one attached hydrogen (secondary N) is 1. The van der Waals surface area contributed by atoms with Crippen molar-refractivity contribution in [1.82, 2.24) is 4.90 Å². The number of amides is 2. The van der Waals surface area contributed by atoms with Crippen LogP contribution in [0.3, 0.4) is 0 Å². The van der Waals surface area contributed by atoms with Gasteiger partial charge in [-0.3, -0.25) is 9.59 Å². The molecule has 3 rings (SSSR count). The first-order valence-electron chi connectivity index (χ1n) is 10.1. The van der Waals surface area contributed by atoms with Crippen molar-refractivity contribution in [3.05, 3.63) is 59.7 Å². The summed E-state index contributed by atoms with van der Waals surface area (Å²) >= 11 is 0. The molecule has 0 saturated carbocycles. The Morgan fingerprint density at radius 2 is 1.71 bits per heavy atom. The van der Waals surface area contributed by atoms with Gasteiger partial charge in [0.2, 0.25) is 0 Å². The first-order valence-corrected chi connectivity index (χ1v) is 10.1. The number of ether oxygens (including phenoxy) is 1. The fraction of sp³-hybridized carbons (Fsp3) is 0.391. The average Bonchev–Trinajstić information content (AvgIpc) is 2.75. The Hall–Kier alpha value is -2.82. The summed E-state index contributed by atoms with van der Waals surface area (Å²) in [5.74, 6) is 0.430. The molecule has 28 heavy (non-hydrogen) atoms. The topological polar surface area (TPSA) is 58.6 Å². The van der Waals surface area contributed by atoms with E-state index in [1.165, 1.54) is 6.42 Å². The summed E-state index contributed by atoms with van der Waals surface area (Å²) in [6, 6.07) is 14.3. The van der Waals surface area contributed by atoms with Crippen LogP contribution in [0.25, 0.3) is 0 Å².